The Labute approximate surface area is 268 Å². The normalized spacial score (nSPS) is 12.6. The number of amides is 3. The van der Waals surface area contributed by atoms with E-state index in [-0.39, 0.29) is 18.1 Å². The molecule has 0 aliphatic rings. The van der Waals surface area contributed by atoms with Crippen LogP contribution in [0.1, 0.15) is 88.1 Å². The van der Waals surface area contributed by atoms with Crippen molar-refractivity contribution >= 4 is 23.6 Å². The summed E-state index contributed by atoms with van der Waals surface area (Å²) < 4.78 is 5.54. The van der Waals surface area contributed by atoms with Gasteiger partial charge in [0.15, 0.2) is 0 Å². The van der Waals surface area contributed by atoms with Gasteiger partial charge in [0.25, 0.3) is 5.91 Å². The maximum absolute atomic E-state index is 14.7. The first-order valence-corrected chi connectivity index (χ1v) is 15.9. The van der Waals surface area contributed by atoms with E-state index >= 15 is 0 Å². The van der Waals surface area contributed by atoms with Crippen molar-refractivity contribution in [3.63, 3.8) is 0 Å². The SMILES string of the molecule is CCCCCCCN(C(=O)C(Cc1ccccc1)NC(=O)OC(C)(C)C)C(C(=O)Nc1c(C)cccc1C)c1ccc(O)cc1. The molecule has 0 aliphatic carbocycles. The number of unbranched alkanes of at least 4 members (excludes halogenated alkanes) is 4. The highest BCUT2D eigenvalue weighted by Crippen LogP contribution is 2.29. The second kappa shape index (κ2) is 16.7. The number of hydrogen-bond donors (Lipinski definition) is 3. The summed E-state index contributed by atoms with van der Waals surface area (Å²) in [6, 6.07) is 19.6. The lowest BCUT2D eigenvalue weighted by Gasteiger charge is -2.35. The van der Waals surface area contributed by atoms with Gasteiger partial charge < -0.3 is 25.4 Å². The molecule has 8 heteroatoms. The highest BCUT2D eigenvalue weighted by atomic mass is 16.6. The number of phenolic OH excluding ortho intramolecular Hbond substituents is 1. The Morgan fingerprint density at radius 3 is 2.07 bits per heavy atom. The van der Waals surface area contributed by atoms with E-state index in [1.807, 2.05) is 62.4 Å². The minimum absolute atomic E-state index is 0.0543. The zero-order chi connectivity index (χ0) is 33.0. The Hall–Kier alpha value is -4.33. The average Bonchev–Trinajstić information content (AvgIpc) is 2.98. The molecule has 8 nitrogen and oxygen atoms in total. The van der Waals surface area contributed by atoms with E-state index in [1.54, 1.807) is 37.8 Å². The van der Waals surface area contributed by atoms with Gasteiger partial charge in [0, 0.05) is 18.7 Å². The third-order valence-corrected chi connectivity index (χ3v) is 7.56. The zero-order valence-corrected chi connectivity index (χ0v) is 27.6. The number of aromatic hydroxyl groups is 1. The van der Waals surface area contributed by atoms with Crippen LogP contribution in [0.3, 0.4) is 0 Å². The molecule has 0 fully saturated rings. The number of rotatable bonds is 14. The monoisotopic (exact) mass is 615 g/mol. The van der Waals surface area contributed by atoms with Crippen molar-refractivity contribution in [2.24, 2.45) is 0 Å². The first-order chi connectivity index (χ1) is 21.4. The summed E-state index contributed by atoms with van der Waals surface area (Å²) in [6.45, 7) is 11.6. The van der Waals surface area contributed by atoms with Crippen LogP contribution in [-0.2, 0) is 20.7 Å². The fourth-order valence-electron chi connectivity index (χ4n) is 5.28. The molecule has 0 heterocycles. The molecule has 0 radical (unpaired) electrons. The third kappa shape index (κ3) is 11.0. The van der Waals surface area contributed by atoms with Gasteiger partial charge in [-0.3, -0.25) is 9.59 Å². The van der Waals surface area contributed by atoms with Crippen molar-refractivity contribution < 1.29 is 24.2 Å². The highest BCUT2D eigenvalue weighted by Gasteiger charge is 2.36. The van der Waals surface area contributed by atoms with Gasteiger partial charge in [0.05, 0.1) is 0 Å². The van der Waals surface area contributed by atoms with Gasteiger partial charge in [0.1, 0.15) is 23.4 Å². The lowest BCUT2D eigenvalue weighted by atomic mass is 9.99. The first-order valence-electron chi connectivity index (χ1n) is 15.9. The minimum atomic E-state index is -1.03. The number of ether oxygens (including phenoxy) is 1. The van der Waals surface area contributed by atoms with Gasteiger partial charge in [-0.1, -0.05) is 93.3 Å². The predicted molar refractivity (Wildman–Crippen MR) is 179 cm³/mol. The molecule has 3 amide bonds. The number of hydrogen-bond acceptors (Lipinski definition) is 5. The molecule has 242 valence electrons. The molecule has 3 N–H and O–H groups in total. The molecule has 3 rings (SSSR count). The zero-order valence-electron chi connectivity index (χ0n) is 27.6. The van der Waals surface area contributed by atoms with Crippen molar-refractivity contribution in [3.8, 4) is 5.75 Å². The van der Waals surface area contributed by atoms with Gasteiger partial charge >= 0.3 is 6.09 Å². The average molecular weight is 616 g/mol. The standard InChI is InChI=1S/C37H49N3O5/c1-7-8-9-10-14-24-40(35(43)31(25-28-18-12-11-13-19-28)38-36(44)45-37(4,5)6)33(29-20-22-30(41)23-21-29)34(42)39-32-26(2)16-15-17-27(32)3/h11-13,15-23,31,33,41H,7-10,14,24-25H2,1-6H3,(H,38,44)(H,39,42). The quantitative estimate of drug-likeness (QED) is 0.162. The number of para-hydroxylation sites is 1. The number of aryl methyl sites for hydroxylation is 2. The Morgan fingerprint density at radius 2 is 1.47 bits per heavy atom. The second-order valence-corrected chi connectivity index (χ2v) is 12.6. The molecule has 45 heavy (non-hydrogen) atoms. The van der Waals surface area contributed by atoms with Crippen LogP contribution in [0.2, 0.25) is 0 Å². The Kier molecular flexibility index (Phi) is 13.0. The van der Waals surface area contributed by atoms with E-state index in [9.17, 15) is 19.5 Å². The minimum Gasteiger partial charge on any atom is -0.508 e. The Bertz CT molecular complexity index is 1380. The fraction of sp³-hybridized carbons (Fsp3) is 0.432. The number of nitrogens with zero attached hydrogens (tertiary/aromatic N) is 1. The van der Waals surface area contributed by atoms with Gasteiger partial charge in [-0.05, 0) is 75.4 Å². The molecule has 3 aromatic carbocycles. The van der Waals surface area contributed by atoms with Crippen molar-refractivity contribution in [1.29, 1.82) is 0 Å². The molecule has 0 spiro atoms. The lowest BCUT2D eigenvalue weighted by Crippen LogP contribution is -2.53. The van der Waals surface area contributed by atoms with E-state index in [0.29, 0.717) is 24.2 Å². The number of carbonyl (C=O) groups excluding carboxylic acids is 3. The molecule has 0 aliphatic heterocycles. The second-order valence-electron chi connectivity index (χ2n) is 12.6. The van der Waals surface area contributed by atoms with Crippen LogP contribution in [0.25, 0.3) is 0 Å². The molecule has 0 saturated carbocycles. The topological polar surface area (TPSA) is 108 Å². The summed E-state index contributed by atoms with van der Waals surface area (Å²) in [5, 5.41) is 16.0. The number of phenols is 1. The number of alkyl carbamates (subject to hydrolysis) is 1. The lowest BCUT2D eigenvalue weighted by molar-refractivity contribution is -0.140. The highest BCUT2D eigenvalue weighted by molar-refractivity contribution is 6.00. The molecule has 0 aromatic heterocycles. The van der Waals surface area contributed by atoms with Crippen LogP contribution in [0.15, 0.2) is 72.8 Å². The Morgan fingerprint density at radius 1 is 0.844 bits per heavy atom. The molecule has 2 atom stereocenters. The number of anilines is 1. The summed E-state index contributed by atoms with van der Waals surface area (Å²) >= 11 is 0. The first kappa shape index (κ1) is 35.2. The fourth-order valence-corrected chi connectivity index (χ4v) is 5.28. The summed E-state index contributed by atoms with van der Waals surface area (Å²) in [7, 11) is 0. The van der Waals surface area contributed by atoms with Gasteiger partial charge in [-0.25, -0.2) is 4.79 Å². The molecule has 0 bridgehead atoms. The molecule has 3 aromatic rings. The summed E-state index contributed by atoms with van der Waals surface area (Å²) in [4.78, 5) is 43.6. The third-order valence-electron chi connectivity index (χ3n) is 7.56. The Balaban J connectivity index is 2.08. The van der Waals surface area contributed by atoms with E-state index in [2.05, 4.69) is 17.6 Å². The number of benzene rings is 3. The largest absolute Gasteiger partial charge is 0.508 e. The van der Waals surface area contributed by atoms with E-state index < -0.39 is 29.7 Å². The molecule has 2 unspecified atom stereocenters. The molecular formula is C37H49N3O5. The van der Waals surface area contributed by atoms with Crippen molar-refractivity contribution in [2.45, 2.75) is 97.8 Å². The van der Waals surface area contributed by atoms with Gasteiger partial charge in [-0.15, -0.1) is 0 Å². The molecule has 0 saturated heterocycles. The molecular weight excluding hydrogens is 566 g/mol. The van der Waals surface area contributed by atoms with Gasteiger partial charge in [-0.2, -0.15) is 0 Å². The maximum atomic E-state index is 14.7. The van der Waals surface area contributed by atoms with Crippen LogP contribution < -0.4 is 10.6 Å². The van der Waals surface area contributed by atoms with Crippen molar-refractivity contribution in [1.82, 2.24) is 10.2 Å². The smallest absolute Gasteiger partial charge is 0.408 e. The van der Waals surface area contributed by atoms with Crippen LogP contribution >= 0.6 is 0 Å². The van der Waals surface area contributed by atoms with Crippen molar-refractivity contribution in [2.75, 3.05) is 11.9 Å². The van der Waals surface area contributed by atoms with Crippen molar-refractivity contribution in [3.05, 3.63) is 95.1 Å². The van der Waals surface area contributed by atoms with Crippen LogP contribution in [0.4, 0.5) is 10.5 Å². The number of carbonyl (C=O) groups is 3. The number of nitrogens with one attached hydrogen (secondary N) is 2. The predicted octanol–water partition coefficient (Wildman–Crippen LogP) is 7.62. The van der Waals surface area contributed by atoms with Gasteiger partial charge in [0.2, 0.25) is 5.91 Å². The maximum Gasteiger partial charge on any atom is 0.408 e. The van der Waals surface area contributed by atoms with E-state index in [0.717, 1.165) is 42.4 Å². The van der Waals surface area contributed by atoms with E-state index in [4.69, 9.17) is 4.74 Å². The summed E-state index contributed by atoms with van der Waals surface area (Å²) in [6.07, 6.45) is 4.26. The van der Waals surface area contributed by atoms with E-state index in [1.165, 1.54) is 12.1 Å². The van der Waals surface area contributed by atoms with Crippen LogP contribution in [0, 0.1) is 13.8 Å². The van der Waals surface area contributed by atoms with Crippen LogP contribution in [-0.4, -0.2) is 46.1 Å². The summed E-state index contributed by atoms with van der Waals surface area (Å²) in [5.74, 6) is -0.718. The van der Waals surface area contributed by atoms with Crippen LogP contribution in [0.5, 0.6) is 5.75 Å². The summed E-state index contributed by atoms with van der Waals surface area (Å²) in [5.41, 5.74) is 3.14.